The van der Waals surface area contributed by atoms with Crippen LogP contribution in [0.15, 0.2) is 17.3 Å². The molecule has 0 aliphatic rings. The van der Waals surface area contributed by atoms with Crippen LogP contribution in [-0.4, -0.2) is 41.7 Å². The lowest BCUT2D eigenvalue weighted by Gasteiger charge is -2.15. The number of aromatic nitrogens is 2. The molecule has 6 nitrogen and oxygen atoms in total. The van der Waals surface area contributed by atoms with Crippen molar-refractivity contribution in [2.75, 3.05) is 6.26 Å². The summed E-state index contributed by atoms with van der Waals surface area (Å²) in [6.45, 7) is -0.978. The third-order valence-corrected chi connectivity index (χ3v) is 3.17. The molecule has 0 aliphatic carbocycles. The number of alkyl halides is 3. The third-order valence-electron chi connectivity index (χ3n) is 2.10. The van der Waals surface area contributed by atoms with Gasteiger partial charge in [0.15, 0.2) is 15.8 Å². The number of carboxylic acids is 1. The van der Waals surface area contributed by atoms with Crippen molar-refractivity contribution in [3.05, 3.63) is 12.4 Å². The SMILES string of the molecule is CS(=O)(=O)c1cnn(CC(C(=O)O)C(F)(F)F)c1. The van der Waals surface area contributed by atoms with E-state index in [1.807, 2.05) is 0 Å². The summed E-state index contributed by atoms with van der Waals surface area (Å²) < 4.78 is 59.9. The number of carboxylic acid groups (broad SMARTS) is 1. The molecule has 0 aromatic carbocycles. The molecule has 0 spiro atoms. The molecule has 0 bridgehead atoms. The smallest absolute Gasteiger partial charge is 0.404 e. The van der Waals surface area contributed by atoms with E-state index in [-0.39, 0.29) is 4.90 Å². The molecule has 0 radical (unpaired) electrons. The molecule has 102 valence electrons. The summed E-state index contributed by atoms with van der Waals surface area (Å²) in [5.41, 5.74) is 0. The number of hydrogen-bond acceptors (Lipinski definition) is 4. The quantitative estimate of drug-likeness (QED) is 0.873. The highest BCUT2D eigenvalue weighted by molar-refractivity contribution is 7.90. The van der Waals surface area contributed by atoms with Gasteiger partial charge in [0.25, 0.3) is 0 Å². The molecule has 1 aromatic heterocycles. The van der Waals surface area contributed by atoms with Gasteiger partial charge in [0, 0.05) is 12.5 Å². The molecule has 1 atom stereocenters. The van der Waals surface area contributed by atoms with Crippen molar-refractivity contribution >= 4 is 15.8 Å². The predicted octanol–water partition coefficient (Wildman–Crippen LogP) is 0.550. The largest absolute Gasteiger partial charge is 0.481 e. The van der Waals surface area contributed by atoms with Crippen molar-refractivity contribution in [1.82, 2.24) is 9.78 Å². The van der Waals surface area contributed by atoms with Crippen molar-refractivity contribution in [3.8, 4) is 0 Å². The van der Waals surface area contributed by atoms with Gasteiger partial charge in [0.05, 0.1) is 12.7 Å². The molecular formula is C8H9F3N2O4S. The van der Waals surface area contributed by atoms with Crippen molar-refractivity contribution < 1.29 is 31.5 Å². The molecule has 0 saturated carbocycles. The molecule has 0 fully saturated rings. The molecule has 10 heteroatoms. The summed E-state index contributed by atoms with van der Waals surface area (Å²) in [5, 5.41) is 11.9. The zero-order valence-electron chi connectivity index (χ0n) is 9.05. The minimum atomic E-state index is -4.93. The Bertz CT molecular complexity index is 549. The Hall–Kier alpha value is -1.58. The van der Waals surface area contributed by atoms with E-state index in [4.69, 9.17) is 5.11 Å². The Kier molecular flexibility index (Phi) is 3.70. The lowest BCUT2D eigenvalue weighted by molar-refractivity contribution is -0.196. The number of rotatable bonds is 4. The van der Waals surface area contributed by atoms with Crippen molar-refractivity contribution in [2.45, 2.75) is 17.6 Å². The monoisotopic (exact) mass is 286 g/mol. The Labute approximate surface area is 99.9 Å². The lowest BCUT2D eigenvalue weighted by Crippen LogP contribution is -2.34. The Morgan fingerprint density at radius 2 is 2.11 bits per heavy atom. The molecule has 1 unspecified atom stereocenters. The fourth-order valence-electron chi connectivity index (χ4n) is 1.14. The first kappa shape index (κ1) is 14.5. The fraction of sp³-hybridized carbons (Fsp3) is 0.500. The first-order valence-corrected chi connectivity index (χ1v) is 6.43. The molecule has 1 heterocycles. The van der Waals surface area contributed by atoms with Gasteiger partial charge in [0.2, 0.25) is 0 Å². The molecule has 0 aliphatic heterocycles. The van der Waals surface area contributed by atoms with Crippen LogP contribution in [0.4, 0.5) is 13.2 Å². The summed E-state index contributed by atoms with van der Waals surface area (Å²) in [5.74, 6) is -4.68. The first-order chi connectivity index (χ1) is 8.01. The number of hydrogen-bond donors (Lipinski definition) is 1. The Morgan fingerprint density at radius 1 is 1.56 bits per heavy atom. The first-order valence-electron chi connectivity index (χ1n) is 4.54. The fourth-order valence-corrected chi connectivity index (χ4v) is 1.70. The molecular weight excluding hydrogens is 277 g/mol. The maximum Gasteiger partial charge on any atom is 0.404 e. The molecule has 1 aromatic rings. The Balaban J connectivity index is 2.97. The second-order valence-corrected chi connectivity index (χ2v) is 5.62. The number of sulfone groups is 1. The highest BCUT2D eigenvalue weighted by Gasteiger charge is 2.45. The lowest BCUT2D eigenvalue weighted by atomic mass is 10.1. The standard InChI is InChI=1S/C8H9F3N2O4S/c1-18(16,17)5-2-12-13(3-5)4-6(7(14)15)8(9,10)11/h2-3,6H,4H2,1H3,(H,14,15). The highest BCUT2D eigenvalue weighted by atomic mass is 32.2. The topological polar surface area (TPSA) is 89.3 Å². The summed E-state index contributed by atoms with van der Waals surface area (Å²) in [6.07, 6.45) is -2.34. The normalized spacial score (nSPS) is 14.4. The average Bonchev–Trinajstić information content (AvgIpc) is 2.58. The summed E-state index contributed by atoms with van der Waals surface area (Å²) in [7, 11) is -3.59. The average molecular weight is 286 g/mol. The van der Waals surface area contributed by atoms with Crippen LogP contribution in [0.25, 0.3) is 0 Å². The predicted molar refractivity (Wildman–Crippen MR) is 52.5 cm³/mol. The van der Waals surface area contributed by atoms with E-state index < -0.39 is 34.4 Å². The maximum atomic E-state index is 12.4. The van der Waals surface area contributed by atoms with Gasteiger partial charge in [-0.2, -0.15) is 18.3 Å². The van der Waals surface area contributed by atoms with E-state index in [0.717, 1.165) is 18.6 Å². The summed E-state index contributed by atoms with van der Waals surface area (Å²) >= 11 is 0. The van der Waals surface area contributed by atoms with Crippen LogP contribution >= 0.6 is 0 Å². The maximum absolute atomic E-state index is 12.4. The van der Waals surface area contributed by atoms with E-state index in [2.05, 4.69) is 5.10 Å². The number of aliphatic carboxylic acids is 1. The van der Waals surface area contributed by atoms with E-state index in [0.29, 0.717) is 4.68 Å². The van der Waals surface area contributed by atoms with Crippen molar-refractivity contribution in [1.29, 1.82) is 0 Å². The molecule has 0 amide bonds. The summed E-state index contributed by atoms with van der Waals surface area (Å²) in [6, 6.07) is 0. The Morgan fingerprint density at radius 3 is 2.44 bits per heavy atom. The third kappa shape index (κ3) is 3.45. The van der Waals surface area contributed by atoms with Gasteiger partial charge < -0.3 is 5.11 Å². The van der Waals surface area contributed by atoms with E-state index >= 15 is 0 Å². The van der Waals surface area contributed by atoms with Crippen LogP contribution in [0.3, 0.4) is 0 Å². The van der Waals surface area contributed by atoms with E-state index in [1.165, 1.54) is 0 Å². The van der Waals surface area contributed by atoms with Gasteiger partial charge in [0.1, 0.15) is 4.90 Å². The van der Waals surface area contributed by atoms with Crippen molar-refractivity contribution in [2.24, 2.45) is 5.92 Å². The zero-order chi connectivity index (χ0) is 14.1. The van der Waals surface area contributed by atoms with Crippen LogP contribution < -0.4 is 0 Å². The summed E-state index contributed by atoms with van der Waals surface area (Å²) in [4.78, 5) is 10.2. The molecule has 1 N–H and O–H groups in total. The van der Waals surface area contributed by atoms with Crippen LogP contribution in [-0.2, 0) is 21.2 Å². The van der Waals surface area contributed by atoms with Crippen LogP contribution in [0.1, 0.15) is 0 Å². The van der Waals surface area contributed by atoms with Crippen LogP contribution in [0.2, 0.25) is 0 Å². The van der Waals surface area contributed by atoms with Gasteiger partial charge in [-0.05, 0) is 0 Å². The highest BCUT2D eigenvalue weighted by Crippen LogP contribution is 2.27. The van der Waals surface area contributed by atoms with Crippen LogP contribution in [0.5, 0.6) is 0 Å². The van der Waals surface area contributed by atoms with Gasteiger partial charge in [-0.3, -0.25) is 9.48 Å². The minimum Gasteiger partial charge on any atom is -0.481 e. The van der Waals surface area contributed by atoms with E-state index in [1.54, 1.807) is 0 Å². The molecule has 1 rings (SSSR count). The van der Waals surface area contributed by atoms with Gasteiger partial charge in [-0.15, -0.1) is 0 Å². The second kappa shape index (κ2) is 4.59. The van der Waals surface area contributed by atoms with Gasteiger partial charge in [-0.25, -0.2) is 8.42 Å². The van der Waals surface area contributed by atoms with Gasteiger partial charge in [-0.1, -0.05) is 0 Å². The number of halogens is 3. The number of nitrogens with zero attached hydrogens (tertiary/aromatic N) is 2. The molecule has 0 saturated heterocycles. The second-order valence-electron chi connectivity index (χ2n) is 3.60. The molecule has 18 heavy (non-hydrogen) atoms. The van der Waals surface area contributed by atoms with Crippen LogP contribution in [0, 0.1) is 5.92 Å². The minimum absolute atomic E-state index is 0.270. The van der Waals surface area contributed by atoms with Gasteiger partial charge >= 0.3 is 12.1 Å². The van der Waals surface area contributed by atoms with Crippen molar-refractivity contribution in [3.63, 3.8) is 0 Å². The number of carbonyl (C=O) groups is 1. The zero-order valence-corrected chi connectivity index (χ0v) is 9.86. The van der Waals surface area contributed by atoms with E-state index in [9.17, 15) is 26.4 Å².